The minimum Gasteiger partial charge on any atom is -0.299 e. The highest BCUT2D eigenvalue weighted by Crippen LogP contribution is 2.67. The lowest BCUT2D eigenvalue weighted by Crippen LogP contribution is -2.40. The molecule has 0 aliphatic heterocycles. The number of allylic oxidation sites excluding steroid dienone is 4. The average Bonchev–Trinajstić information content (AvgIpc) is 3.24. The fraction of sp³-hybridized carbons (Fsp3) is 0.480. The molecule has 1 saturated carbocycles. The third kappa shape index (κ3) is 1.50. The van der Waals surface area contributed by atoms with Crippen LogP contribution in [0, 0.1) is 17.3 Å². The number of Topliss-reactive ketones (excluding diaryl/α,β-unsaturated/α-hetero) is 1. The van der Waals surface area contributed by atoms with E-state index in [0.29, 0.717) is 17.1 Å². The molecule has 4 atom stereocenters. The van der Waals surface area contributed by atoms with Crippen LogP contribution in [0.4, 0.5) is 0 Å². The lowest BCUT2D eigenvalue weighted by atomic mass is 9.61. The van der Waals surface area contributed by atoms with Gasteiger partial charge in [0.05, 0.1) is 5.92 Å². The monoisotopic (exact) mass is 340 g/mol. The van der Waals surface area contributed by atoms with Crippen LogP contribution >= 0.6 is 0 Å². The Morgan fingerprint density at radius 1 is 1.00 bits per heavy atom. The number of fused-ring (bicyclic) bond motifs is 2. The Kier molecular flexibility index (Phi) is 2.46. The lowest BCUT2D eigenvalue weighted by Gasteiger charge is -2.43. The largest absolute Gasteiger partial charge is 0.299 e. The highest BCUT2D eigenvalue weighted by molar-refractivity contribution is 5.95. The maximum atomic E-state index is 12.8. The van der Waals surface area contributed by atoms with Crippen LogP contribution in [0.3, 0.4) is 0 Å². The molecule has 26 heavy (non-hydrogen) atoms. The second-order valence-electron chi connectivity index (χ2n) is 9.50. The van der Waals surface area contributed by atoms with Crippen LogP contribution in [0.1, 0.15) is 62.8 Å². The molecule has 1 fully saturated rings. The van der Waals surface area contributed by atoms with E-state index in [0.717, 1.165) is 18.8 Å². The molecular formula is C25H24O. The molecule has 0 heterocycles. The van der Waals surface area contributed by atoms with Gasteiger partial charge in [-0.25, -0.2) is 0 Å². The van der Waals surface area contributed by atoms with Crippen molar-refractivity contribution in [2.45, 2.75) is 57.3 Å². The van der Waals surface area contributed by atoms with Gasteiger partial charge < -0.3 is 0 Å². The number of rotatable bonds is 0. The summed E-state index contributed by atoms with van der Waals surface area (Å²) in [7, 11) is 0. The molecule has 0 aromatic heterocycles. The standard InChI is InChI=1S/C25H24O/c26-24-7-6-23-20-12-18-14(11-21(20)24)2-1-3-17(18)15-4-5-22-19(10-15)16-8-9-25(22,23)13-16/h1-3,11-12,15-16,21H,4-10,13H2. The van der Waals surface area contributed by atoms with E-state index in [2.05, 4.69) is 30.4 Å². The van der Waals surface area contributed by atoms with E-state index in [1.807, 2.05) is 11.1 Å². The fourth-order valence-electron chi connectivity index (χ4n) is 7.66. The Labute approximate surface area is 154 Å². The summed E-state index contributed by atoms with van der Waals surface area (Å²) in [6.45, 7) is 0. The van der Waals surface area contributed by atoms with Gasteiger partial charge in [-0.05, 0) is 84.4 Å². The first-order valence-corrected chi connectivity index (χ1v) is 10.6. The minimum absolute atomic E-state index is 0.0255. The molecule has 1 nitrogen and oxygen atoms in total. The Morgan fingerprint density at radius 3 is 2.92 bits per heavy atom. The van der Waals surface area contributed by atoms with Gasteiger partial charge in [-0.2, -0.15) is 0 Å². The van der Waals surface area contributed by atoms with Crippen LogP contribution in [-0.4, -0.2) is 5.78 Å². The molecule has 0 radical (unpaired) electrons. The van der Waals surface area contributed by atoms with Gasteiger partial charge in [0.2, 0.25) is 0 Å². The summed E-state index contributed by atoms with van der Waals surface area (Å²) < 4.78 is 0. The van der Waals surface area contributed by atoms with E-state index in [4.69, 9.17) is 0 Å². The van der Waals surface area contributed by atoms with Gasteiger partial charge in [0.15, 0.2) is 0 Å². The summed E-state index contributed by atoms with van der Waals surface area (Å²) in [6, 6.07) is 6.82. The number of carbonyl (C=O) groups is 1. The van der Waals surface area contributed by atoms with Crippen molar-refractivity contribution in [1.29, 1.82) is 0 Å². The van der Waals surface area contributed by atoms with Crippen LogP contribution in [0.2, 0.25) is 0 Å². The molecule has 130 valence electrons. The Balaban J connectivity index is 1.66. The highest BCUT2D eigenvalue weighted by atomic mass is 16.1. The van der Waals surface area contributed by atoms with Crippen molar-refractivity contribution in [2.24, 2.45) is 17.3 Å². The van der Waals surface area contributed by atoms with Crippen molar-refractivity contribution in [3.63, 3.8) is 0 Å². The number of carbonyl (C=O) groups excluding carboxylic acids is 1. The Hall–Kier alpha value is -1.89. The third-order valence-corrected chi connectivity index (χ3v) is 8.67. The smallest absolute Gasteiger partial charge is 0.144 e. The maximum Gasteiger partial charge on any atom is 0.144 e. The van der Waals surface area contributed by atoms with Crippen LogP contribution in [0.5, 0.6) is 0 Å². The van der Waals surface area contributed by atoms with E-state index in [1.165, 1.54) is 54.5 Å². The summed E-state index contributed by atoms with van der Waals surface area (Å²) in [6.07, 6.45) is 14.6. The third-order valence-electron chi connectivity index (χ3n) is 8.67. The van der Waals surface area contributed by atoms with Crippen molar-refractivity contribution in [2.75, 3.05) is 0 Å². The summed E-state index contributed by atoms with van der Waals surface area (Å²) in [5.74, 6) is 1.99. The molecular weight excluding hydrogens is 316 g/mol. The molecule has 1 aromatic carbocycles. The van der Waals surface area contributed by atoms with Gasteiger partial charge in [-0.3, -0.25) is 4.79 Å². The number of hydrogen-bond acceptors (Lipinski definition) is 1. The van der Waals surface area contributed by atoms with Gasteiger partial charge in [-0.15, -0.1) is 0 Å². The van der Waals surface area contributed by atoms with Gasteiger partial charge in [-0.1, -0.05) is 41.0 Å². The number of benzene rings is 1. The van der Waals surface area contributed by atoms with Crippen molar-refractivity contribution in [3.05, 3.63) is 56.5 Å². The van der Waals surface area contributed by atoms with Crippen molar-refractivity contribution < 1.29 is 4.79 Å². The molecule has 7 aliphatic carbocycles. The topological polar surface area (TPSA) is 17.1 Å². The second kappa shape index (κ2) is 4.50. The predicted octanol–water partition coefficient (Wildman–Crippen LogP) is 3.91. The Bertz CT molecular complexity index is 1080. The first-order valence-electron chi connectivity index (χ1n) is 10.6. The zero-order valence-electron chi connectivity index (χ0n) is 15.2. The molecule has 7 aliphatic rings. The normalized spacial score (nSPS) is 38.5. The van der Waals surface area contributed by atoms with Crippen LogP contribution < -0.4 is 10.4 Å². The van der Waals surface area contributed by atoms with Gasteiger partial charge in [0.1, 0.15) is 5.78 Å². The first kappa shape index (κ1) is 14.2. The van der Waals surface area contributed by atoms with Gasteiger partial charge >= 0.3 is 0 Å². The highest BCUT2D eigenvalue weighted by Gasteiger charge is 2.55. The summed E-state index contributed by atoms with van der Waals surface area (Å²) in [4.78, 5) is 12.8. The zero-order chi connectivity index (χ0) is 17.0. The van der Waals surface area contributed by atoms with E-state index >= 15 is 0 Å². The summed E-state index contributed by atoms with van der Waals surface area (Å²) >= 11 is 0. The van der Waals surface area contributed by atoms with E-state index in [1.54, 1.807) is 11.1 Å². The molecule has 4 unspecified atom stereocenters. The minimum atomic E-state index is 0.0255. The number of hydrogen-bond donors (Lipinski definition) is 0. The van der Waals surface area contributed by atoms with Crippen molar-refractivity contribution in [1.82, 2.24) is 0 Å². The molecule has 7 bridgehead atoms. The van der Waals surface area contributed by atoms with E-state index < -0.39 is 0 Å². The zero-order valence-corrected chi connectivity index (χ0v) is 15.2. The molecule has 0 amide bonds. The first-order chi connectivity index (χ1) is 12.7. The maximum absolute atomic E-state index is 12.8. The van der Waals surface area contributed by atoms with Crippen LogP contribution in [0.15, 0.2) is 40.5 Å². The van der Waals surface area contributed by atoms with Crippen molar-refractivity contribution >= 4 is 17.9 Å². The van der Waals surface area contributed by atoms with Gasteiger partial charge in [0.25, 0.3) is 0 Å². The molecule has 0 N–H and O–H groups in total. The van der Waals surface area contributed by atoms with Crippen molar-refractivity contribution in [3.8, 4) is 0 Å². The second-order valence-corrected chi connectivity index (χ2v) is 9.50. The van der Waals surface area contributed by atoms with E-state index in [9.17, 15) is 4.79 Å². The average molecular weight is 340 g/mol. The predicted molar refractivity (Wildman–Crippen MR) is 103 cm³/mol. The summed E-state index contributed by atoms with van der Waals surface area (Å²) in [5.41, 5.74) is 8.64. The quantitative estimate of drug-likeness (QED) is 0.654. The lowest BCUT2D eigenvalue weighted by molar-refractivity contribution is -0.120. The number of ketones is 1. The fourth-order valence-corrected chi connectivity index (χ4v) is 7.66. The van der Waals surface area contributed by atoms with E-state index in [-0.39, 0.29) is 5.92 Å². The molecule has 0 saturated heterocycles. The SMILES string of the molecule is O=C1CCC2=C3C=c4c(cccc4=CC13)C1CCC3=C(C1)C1CCC32C1. The molecule has 1 aromatic rings. The summed E-state index contributed by atoms with van der Waals surface area (Å²) in [5, 5.41) is 2.75. The molecule has 8 rings (SSSR count). The molecule has 1 spiro atoms. The Morgan fingerprint density at radius 2 is 1.96 bits per heavy atom. The van der Waals surface area contributed by atoms with Crippen LogP contribution in [0.25, 0.3) is 12.2 Å². The molecule has 1 heteroatoms. The van der Waals surface area contributed by atoms with Gasteiger partial charge in [0, 0.05) is 11.8 Å². The van der Waals surface area contributed by atoms with Crippen LogP contribution in [-0.2, 0) is 4.79 Å².